The summed E-state index contributed by atoms with van der Waals surface area (Å²) in [6.07, 6.45) is 56.2. The molecule has 0 amide bonds. The summed E-state index contributed by atoms with van der Waals surface area (Å²) in [4.78, 5) is 24.3. The van der Waals surface area contributed by atoms with Crippen LogP contribution in [0.4, 0.5) is 0 Å². The molecule has 0 spiro atoms. The highest BCUT2D eigenvalue weighted by molar-refractivity contribution is 5.70. The van der Waals surface area contributed by atoms with Crippen LogP contribution in [0.5, 0.6) is 0 Å². The van der Waals surface area contributed by atoms with Crippen LogP contribution in [0, 0.1) is 0 Å². The van der Waals surface area contributed by atoms with Crippen LogP contribution in [0.1, 0.15) is 226 Å². The number of aliphatic hydroxyl groups is 1. The molecular weight excluding hydrogens is 657 g/mol. The minimum atomic E-state index is -0.799. The summed E-state index contributed by atoms with van der Waals surface area (Å²) in [6, 6.07) is 0. The van der Waals surface area contributed by atoms with Gasteiger partial charge in [-0.2, -0.15) is 0 Å². The minimum Gasteiger partial charge on any atom is -0.462 e. The number of unbranched alkanes of at least 4 members (excludes halogenated alkanes) is 25. The van der Waals surface area contributed by atoms with Gasteiger partial charge in [-0.25, -0.2) is 0 Å². The number of hydrogen-bond donors (Lipinski definition) is 1. The third kappa shape index (κ3) is 42.5. The van der Waals surface area contributed by atoms with Crippen molar-refractivity contribution in [2.45, 2.75) is 232 Å². The molecule has 0 saturated heterocycles. The van der Waals surface area contributed by atoms with Crippen LogP contribution in [-0.2, 0) is 19.1 Å². The lowest BCUT2D eigenvalue weighted by molar-refractivity contribution is -0.161. The zero-order valence-corrected chi connectivity index (χ0v) is 35.0. The van der Waals surface area contributed by atoms with E-state index in [4.69, 9.17) is 9.47 Å². The van der Waals surface area contributed by atoms with Crippen molar-refractivity contribution >= 4 is 11.9 Å². The number of aliphatic hydroxyl groups excluding tert-OH is 1. The normalized spacial score (nSPS) is 12.6. The average Bonchev–Trinajstić information content (AvgIpc) is 3.16. The molecule has 308 valence electrons. The lowest BCUT2D eigenvalue weighted by Crippen LogP contribution is -2.28. The van der Waals surface area contributed by atoms with E-state index in [0.717, 1.165) is 44.9 Å². The monoisotopic (exact) mass is 743 g/mol. The molecule has 0 aromatic carbocycles. The highest BCUT2D eigenvalue weighted by atomic mass is 16.6. The Hall–Kier alpha value is -2.14. The van der Waals surface area contributed by atoms with Crippen LogP contribution in [0.3, 0.4) is 0 Å². The third-order valence-electron chi connectivity index (χ3n) is 9.88. The summed E-state index contributed by atoms with van der Waals surface area (Å²) in [5.74, 6) is -0.649. The zero-order chi connectivity index (χ0) is 38.6. The molecule has 0 radical (unpaired) electrons. The first-order chi connectivity index (χ1) is 26.1. The molecule has 0 unspecified atom stereocenters. The number of rotatable bonds is 41. The highest BCUT2D eigenvalue weighted by Crippen LogP contribution is 2.16. The SMILES string of the molecule is CCCCC/C=C/C/C=C/C/C=C/C/C=C/CCCC(=O)O[C@@H](CO)COC(=O)CCCCCCCCCCCCCCCCCCCCCCCC. The number of esters is 2. The second-order valence-electron chi connectivity index (χ2n) is 15.1. The Balaban J connectivity index is 3.56. The van der Waals surface area contributed by atoms with Crippen LogP contribution in [0.15, 0.2) is 48.6 Å². The van der Waals surface area contributed by atoms with E-state index in [1.165, 1.54) is 148 Å². The van der Waals surface area contributed by atoms with Crippen molar-refractivity contribution in [1.82, 2.24) is 0 Å². The summed E-state index contributed by atoms with van der Waals surface area (Å²) in [5, 5.41) is 9.58. The fraction of sp³-hybridized carbons (Fsp3) is 0.792. The standard InChI is InChI=1S/C48H86O5/c1-3-5-7-9-11-13-15-17-19-21-22-23-24-25-27-28-30-32-34-36-38-40-42-47(50)52-45-46(44-49)53-48(51)43-41-39-37-35-33-31-29-26-20-18-16-14-12-10-8-6-4-2/h12,14,18,20,29,31,35,37,46,49H,3-11,13,15-17,19,21-28,30,32-34,36,38-45H2,1-2H3/b14-12+,20-18+,31-29+,37-35+/t46-/m0/s1. The summed E-state index contributed by atoms with van der Waals surface area (Å²) in [7, 11) is 0. The van der Waals surface area contributed by atoms with Crippen molar-refractivity contribution in [2.24, 2.45) is 0 Å². The van der Waals surface area contributed by atoms with Crippen molar-refractivity contribution in [2.75, 3.05) is 13.2 Å². The fourth-order valence-corrected chi connectivity index (χ4v) is 6.43. The van der Waals surface area contributed by atoms with Crippen LogP contribution in [0.2, 0.25) is 0 Å². The largest absolute Gasteiger partial charge is 0.462 e. The number of carbonyl (C=O) groups excluding carboxylic acids is 2. The maximum Gasteiger partial charge on any atom is 0.306 e. The van der Waals surface area contributed by atoms with E-state index >= 15 is 0 Å². The van der Waals surface area contributed by atoms with Gasteiger partial charge < -0.3 is 14.6 Å². The molecule has 5 nitrogen and oxygen atoms in total. The molecule has 1 N–H and O–H groups in total. The topological polar surface area (TPSA) is 72.8 Å². The Morgan fingerprint density at radius 1 is 0.434 bits per heavy atom. The first-order valence-electron chi connectivity index (χ1n) is 22.7. The van der Waals surface area contributed by atoms with Gasteiger partial charge in [0.15, 0.2) is 6.10 Å². The van der Waals surface area contributed by atoms with Crippen molar-refractivity contribution in [1.29, 1.82) is 0 Å². The van der Waals surface area contributed by atoms with Gasteiger partial charge in [-0.15, -0.1) is 0 Å². The Kier molecular flexibility index (Phi) is 42.5. The van der Waals surface area contributed by atoms with Crippen molar-refractivity contribution in [3.63, 3.8) is 0 Å². The van der Waals surface area contributed by atoms with E-state index in [9.17, 15) is 14.7 Å². The van der Waals surface area contributed by atoms with Gasteiger partial charge in [0, 0.05) is 12.8 Å². The van der Waals surface area contributed by atoms with E-state index < -0.39 is 6.10 Å². The lowest BCUT2D eigenvalue weighted by atomic mass is 10.0. The molecule has 0 bridgehead atoms. The Morgan fingerprint density at radius 3 is 1.19 bits per heavy atom. The van der Waals surface area contributed by atoms with E-state index in [1.807, 2.05) is 0 Å². The maximum atomic E-state index is 12.2. The molecule has 0 aromatic rings. The molecule has 0 aromatic heterocycles. The number of ether oxygens (including phenoxy) is 2. The van der Waals surface area contributed by atoms with Gasteiger partial charge in [0.05, 0.1) is 6.61 Å². The molecule has 53 heavy (non-hydrogen) atoms. The summed E-state index contributed by atoms with van der Waals surface area (Å²) in [6.45, 7) is 4.08. The van der Waals surface area contributed by atoms with E-state index in [2.05, 4.69) is 62.5 Å². The van der Waals surface area contributed by atoms with Gasteiger partial charge in [-0.1, -0.05) is 210 Å². The fourth-order valence-electron chi connectivity index (χ4n) is 6.43. The summed E-state index contributed by atoms with van der Waals surface area (Å²) >= 11 is 0. The van der Waals surface area contributed by atoms with Crippen LogP contribution in [0.25, 0.3) is 0 Å². The van der Waals surface area contributed by atoms with Gasteiger partial charge in [0.2, 0.25) is 0 Å². The van der Waals surface area contributed by atoms with Crippen molar-refractivity contribution in [3.8, 4) is 0 Å². The minimum absolute atomic E-state index is 0.0858. The Labute approximate surface area is 328 Å². The van der Waals surface area contributed by atoms with Gasteiger partial charge in [0.1, 0.15) is 6.61 Å². The predicted octanol–water partition coefficient (Wildman–Crippen LogP) is 14.6. The lowest BCUT2D eigenvalue weighted by Gasteiger charge is -2.15. The summed E-state index contributed by atoms with van der Waals surface area (Å²) < 4.78 is 10.6. The summed E-state index contributed by atoms with van der Waals surface area (Å²) in [5.41, 5.74) is 0. The molecule has 0 fully saturated rings. The van der Waals surface area contributed by atoms with Crippen LogP contribution >= 0.6 is 0 Å². The highest BCUT2D eigenvalue weighted by Gasteiger charge is 2.16. The van der Waals surface area contributed by atoms with Crippen molar-refractivity contribution in [3.05, 3.63) is 48.6 Å². The van der Waals surface area contributed by atoms with Gasteiger partial charge in [-0.3, -0.25) is 9.59 Å². The molecule has 0 heterocycles. The third-order valence-corrected chi connectivity index (χ3v) is 9.88. The van der Waals surface area contributed by atoms with E-state index in [1.54, 1.807) is 0 Å². The second kappa shape index (κ2) is 44.3. The van der Waals surface area contributed by atoms with Gasteiger partial charge >= 0.3 is 11.9 Å². The quantitative estimate of drug-likeness (QED) is 0.0384. The van der Waals surface area contributed by atoms with E-state index in [0.29, 0.717) is 12.8 Å². The first kappa shape index (κ1) is 50.9. The Morgan fingerprint density at radius 2 is 0.774 bits per heavy atom. The second-order valence-corrected chi connectivity index (χ2v) is 15.1. The van der Waals surface area contributed by atoms with Crippen molar-refractivity contribution < 1.29 is 24.2 Å². The predicted molar refractivity (Wildman–Crippen MR) is 228 cm³/mol. The zero-order valence-electron chi connectivity index (χ0n) is 35.0. The molecule has 0 rings (SSSR count). The van der Waals surface area contributed by atoms with Crippen LogP contribution < -0.4 is 0 Å². The maximum absolute atomic E-state index is 12.2. The molecular formula is C48H86O5. The van der Waals surface area contributed by atoms with E-state index in [-0.39, 0.29) is 31.6 Å². The molecule has 1 atom stereocenters. The molecule has 0 aliphatic heterocycles. The first-order valence-corrected chi connectivity index (χ1v) is 22.7. The molecule has 5 heteroatoms. The molecule has 0 aliphatic rings. The van der Waals surface area contributed by atoms with Crippen LogP contribution in [-0.4, -0.2) is 36.4 Å². The molecule has 0 saturated carbocycles. The van der Waals surface area contributed by atoms with Gasteiger partial charge in [0.25, 0.3) is 0 Å². The average molecular weight is 743 g/mol. The Bertz CT molecular complexity index is 888. The molecule has 0 aliphatic carbocycles. The number of hydrogen-bond acceptors (Lipinski definition) is 5. The number of allylic oxidation sites excluding steroid dienone is 8. The smallest absolute Gasteiger partial charge is 0.306 e. The van der Waals surface area contributed by atoms with Gasteiger partial charge in [-0.05, 0) is 51.4 Å². The number of carbonyl (C=O) groups is 2.